The molecule has 1 amide bonds. The maximum Gasteiger partial charge on any atom is 0.410 e. The third-order valence-electron chi connectivity index (χ3n) is 5.89. The van der Waals surface area contributed by atoms with Crippen LogP contribution in [0, 0.1) is 9.81 Å². The molecule has 12 nitrogen and oxygen atoms in total. The van der Waals surface area contributed by atoms with E-state index in [9.17, 15) is 14.6 Å². The van der Waals surface area contributed by atoms with Gasteiger partial charge in [0.15, 0.2) is 12.4 Å². The number of hydrogen-bond acceptors (Lipinski definition) is 9. The van der Waals surface area contributed by atoms with Crippen LogP contribution in [0.1, 0.15) is 20.8 Å². The minimum Gasteiger partial charge on any atom is -0.444 e. The van der Waals surface area contributed by atoms with Crippen molar-refractivity contribution in [2.24, 2.45) is 0 Å². The molecule has 0 saturated carbocycles. The second-order valence-electron chi connectivity index (χ2n) is 9.94. The molecule has 0 radical (unpaired) electrons. The van der Waals surface area contributed by atoms with Gasteiger partial charge in [-0.2, -0.15) is 0 Å². The number of piperazine rings is 2. The number of anilines is 2. The fourth-order valence-electron chi connectivity index (χ4n) is 3.90. The van der Waals surface area contributed by atoms with Crippen molar-refractivity contribution in [3.63, 3.8) is 0 Å². The van der Waals surface area contributed by atoms with Crippen molar-refractivity contribution in [2.45, 2.75) is 26.4 Å². The van der Waals surface area contributed by atoms with Crippen LogP contribution in [0.15, 0.2) is 36.7 Å². The van der Waals surface area contributed by atoms with Crippen LogP contribution in [0.3, 0.4) is 0 Å². The second-order valence-corrected chi connectivity index (χ2v) is 9.94. The third kappa shape index (κ3) is 9.18. The van der Waals surface area contributed by atoms with Crippen LogP contribution in [-0.2, 0) is 4.74 Å². The summed E-state index contributed by atoms with van der Waals surface area (Å²) < 4.78 is 6.87. The summed E-state index contributed by atoms with van der Waals surface area (Å²) in [6, 6.07) is 7.27. The minimum absolute atomic E-state index is 0. The predicted molar refractivity (Wildman–Crippen MR) is 149 cm³/mol. The summed E-state index contributed by atoms with van der Waals surface area (Å²) in [7, 11) is 2.87. The lowest BCUT2D eigenvalue weighted by Gasteiger charge is -2.36. The van der Waals surface area contributed by atoms with Gasteiger partial charge in [0.05, 0.1) is 11.4 Å². The van der Waals surface area contributed by atoms with Crippen molar-refractivity contribution in [3.05, 3.63) is 46.5 Å². The Balaban J connectivity index is 0.000000277. The van der Waals surface area contributed by atoms with Crippen LogP contribution >= 0.6 is 12.4 Å². The number of nitrogens with zero attached hydrogens (tertiary/aromatic N) is 7. The van der Waals surface area contributed by atoms with Crippen molar-refractivity contribution in [2.75, 3.05) is 76.3 Å². The fraction of sp³-hybridized carbons (Fsp3) is 0.560. The van der Waals surface area contributed by atoms with Gasteiger partial charge >= 0.3 is 17.7 Å². The first-order valence-electron chi connectivity index (χ1n) is 12.5. The quantitative estimate of drug-likeness (QED) is 0.573. The average molecular weight is 551 g/mol. The van der Waals surface area contributed by atoms with Gasteiger partial charge in [-0.15, -0.1) is 12.4 Å². The van der Waals surface area contributed by atoms with E-state index in [4.69, 9.17) is 4.74 Å². The van der Waals surface area contributed by atoms with E-state index in [1.807, 2.05) is 32.9 Å². The van der Waals surface area contributed by atoms with E-state index in [1.54, 1.807) is 29.4 Å². The van der Waals surface area contributed by atoms with Gasteiger partial charge in [-0.1, -0.05) is 9.81 Å². The number of carbonyl (C=O) groups excluding carboxylic acids is 1. The second kappa shape index (κ2) is 14.0. The Labute approximate surface area is 229 Å². The molecule has 0 spiro atoms. The van der Waals surface area contributed by atoms with Crippen molar-refractivity contribution in [3.8, 4) is 0 Å². The topological polar surface area (TPSA) is 114 Å². The van der Waals surface area contributed by atoms with Crippen LogP contribution in [0.25, 0.3) is 0 Å². The van der Waals surface area contributed by atoms with Crippen LogP contribution in [0.5, 0.6) is 0 Å². The molecule has 0 bridgehead atoms. The Morgan fingerprint density at radius 1 is 0.816 bits per heavy atom. The molecule has 13 heteroatoms. The van der Waals surface area contributed by atoms with Gasteiger partial charge in [-0.3, -0.25) is 0 Å². The molecule has 0 atom stereocenters. The molecule has 2 fully saturated rings. The van der Waals surface area contributed by atoms with Gasteiger partial charge in [0, 0.05) is 64.5 Å². The molecule has 0 aliphatic carbocycles. The molecule has 4 heterocycles. The predicted octanol–water partition coefficient (Wildman–Crippen LogP) is 3.13. The smallest absolute Gasteiger partial charge is 0.410 e. The molecule has 0 aromatic carbocycles. The van der Waals surface area contributed by atoms with E-state index in [1.165, 1.54) is 14.1 Å². The van der Waals surface area contributed by atoms with Gasteiger partial charge < -0.3 is 24.8 Å². The maximum atomic E-state index is 12.0. The van der Waals surface area contributed by atoms with Crippen molar-refractivity contribution < 1.29 is 19.1 Å². The van der Waals surface area contributed by atoms with E-state index < -0.39 is 5.60 Å². The summed E-state index contributed by atoms with van der Waals surface area (Å²) in [5, 5.41) is 3.29. The monoisotopic (exact) mass is 550 g/mol. The molecule has 38 heavy (non-hydrogen) atoms. The molecular weight excluding hydrogens is 512 g/mol. The summed E-state index contributed by atoms with van der Waals surface area (Å²) in [6.45, 7) is 12.2. The van der Waals surface area contributed by atoms with E-state index in [2.05, 4.69) is 25.1 Å². The van der Waals surface area contributed by atoms with Crippen LogP contribution in [0.4, 0.5) is 27.8 Å². The number of halogens is 1. The molecule has 208 valence electrons. The number of nitroso groups, excluding NO2 is 2. The van der Waals surface area contributed by atoms with Gasteiger partial charge in [0.1, 0.15) is 19.7 Å². The lowest BCUT2D eigenvalue weighted by Crippen LogP contribution is -2.50. The van der Waals surface area contributed by atoms with Gasteiger partial charge in [-0.05, 0) is 52.4 Å². The standard InChI is InChI=1S/C15H23N4O3.C10H15N4O.ClH/c1-15(2,3)22-14(20)19-9-7-18(8-10-19)12-5-6-13(16-11-12)17(4)21;1-13(15)10-3-2-9(8-12-10)14-6-4-11-5-7-14;/h5-6,11H,7-10H2,1-4H3;2-3,8,11H,4-7H2,1H3;1H/q2*+1;. The van der Waals surface area contributed by atoms with E-state index in [0.717, 1.165) is 47.1 Å². The fourth-order valence-corrected chi connectivity index (χ4v) is 3.90. The Hall–Kier alpha value is -3.38. The SMILES string of the molecule is C[N+](=O)c1ccc(N2CCN(C(=O)OC(C)(C)C)CC2)cn1.C[N+](=O)c1ccc(N2CCNCC2)cn1.Cl. The van der Waals surface area contributed by atoms with E-state index in [-0.39, 0.29) is 18.5 Å². The molecule has 4 rings (SSSR count). The Bertz CT molecular complexity index is 1060. The summed E-state index contributed by atoms with van der Waals surface area (Å²) in [4.78, 5) is 48.5. The summed E-state index contributed by atoms with van der Waals surface area (Å²) in [5.41, 5.74) is 1.56. The highest BCUT2D eigenvalue weighted by atomic mass is 35.5. The Morgan fingerprint density at radius 3 is 1.63 bits per heavy atom. The highest BCUT2D eigenvalue weighted by Gasteiger charge is 2.26. The van der Waals surface area contributed by atoms with E-state index in [0.29, 0.717) is 37.8 Å². The average Bonchev–Trinajstić information content (AvgIpc) is 2.89. The molecule has 1 N–H and O–H groups in total. The van der Waals surface area contributed by atoms with Crippen LogP contribution in [-0.4, -0.2) is 103 Å². The van der Waals surface area contributed by atoms with Gasteiger partial charge in [0.2, 0.25) is 0 Å². The Morgan fingerprint density at radius 2 is 1.26 bits per heavy atom. The summed E-state index contributed by atoms with van der Waals surface area (Å²) >= 11 is 0. The molecule has 2 aliphatic heterocycles. The maximum absolute atomic E-state index is 12.0. The van der Waals surface area contributed by atoms with Crippen LogP contribution < -0.4 is 15.1 Å². The number of hydrogen-bond donors (Lipinski definition) is 1. The normalized spacial score (nSPS) is 15.6. The van der Waals surface area contributed by atoms with Crippen LogP contribution in [0.2, 0.25) is 0 Å². The zero-order chi connectivity index (χ0) is 27.0. The zero-order valence-corrected chi connectivity index (χ0v) is 23.6. The highest BCUT2D eigenvalue weighted by molar-refractivity contribution is 5.85. The molecule has 2 aromatic heterocycles. The van der Waals surface area contributed by atoms with E-state index >= 15 is 0 Å². The third-order valence-corrected chi connectivity index (χ3v) is 5.89. The largest absolute Gasteiger partial charge is 0.444 e. The molecular formula is C25H39ClN8O4+2. The zero-order valence-electron chi connectivity index (χ0n) is 22.8. The first-order valence-corrected chi connectivity index (χ1v) is 12.5. The minimum atomic E-state index is -0.474. The van der Waals surface area contributed by atoms with Crippen molar-refractivity contribution in [1.82, 2.24) is 20.2 Å². The number of ether oxygens (including phenoxy) is 1. The van der Waals surface area contributed by atoms with Gasteiger partial charge in [-0.25, -0.2) is 4.79 Å². The summed E-state index contributed by atoms with van der Waals surface area (Å²) in [5.74, 6) is 0.838. The molecule has 0 unspecified atom stereocenters. The molecule has 2 aromatic rings. The molecule has 2 aliphatic rings. The highest BCUT2D eigenvalue weighted by Crippen LogP contribution is 2.19. The number of rotatable bonds is 4. The number of pyridine rings is 2. The number of carbonyl (C=O) groups is 1. The molecule has 2 saturated heterocycles. The number of aromatic nitrogens is 2. The van der Waals surface area contributed by atoms with Gasteiger partial charge in [0.25, 0.3) is 0 Å². The lowest BCUT2D eigenvalue weighted by atomic mass is 10.2. The first-order chi connectivity index (χ1) is 17.5. The summed E-state index contributed by atoms with van der Waals surface area (Å²) in [6.07, 6.45) is 3.18. The number of amides is 1. The lowest BCUT2D eigenvalue weighted by molar-refractivity contribution is -0.432. The Kier molecular flexibility index (Phi) is 11.3. The van der Waals surface area contributed by atoms with Crippen molar-refractivity contribution in [1.29, 1.82) is 0 Å². The number of nitrogens with one attached hydrogen (secondary N) is 1. The first kappa shape index (κ1) is 30.8. The van der Waals surface area contributed by atoms with Crippen molar-refractivity contribution >= 4 is 41.5 Å².